The molecule has 0 spiro atoms. The molecule has 0 saturated carbocycles. The summed E-state index contributed by atoms with van der Waals surface area (Å²) in [7, 11) is 0. The van der Waals surface area contributed by atoms with E-state index in [1.807, 2.05) is 0 Å². The summed E-state index contributed by atoms with van der Waals surface area (Å²) in [6, 6.07) is 6.54. The standard InChI is InChI=1S/C10H12O3/c1-7(12)8-2-4-9(5-3-8)10(13)6-11/h2-5,10-11,13H,6H2,1H3/t10-/m1/s1. The van der Waals surface area contributed by atoms with Gasteiger partial charge < -0.3 is 10.2 Å². The molecule has 0 saturated heterocycles. The van der Waals surface area contributed by atoms with Crippen molar-refractivity contribution in [1.29, 1.82) is 0 Å². The number of carbonyl (C=O) groups excluding carboxylic acids is 1. The molecule has 0 heterocycles. The largest absolute Gasteiger partial charge is 0.393 e. The summed E-state index contributed by atoms with van der Waals surface area (Å²) in [5.41, 5.74) is 1.22. The third kappa shape index (κ3) is 2.37. The van der Waals surface area contributed by atoms with Crippen LogP contribution in [-0.2, 0) is 0 Å². The smallest absolute Gasteiger partial charge is 0.159 e. The molecule has 70 valence electrons. The van der Waals surface area contributed by atoms with E-state index in [-0.39, 0.29) is 12.4 Å². The van der Waals surface area contributed by atoms with Gasteiger partial charge in [0.2, 0.25) is 0 Å². The number of hydrogen-bond acceptors (Lipinski definition) is 3. The van der Waals surface area contributed by atoms with E-state index in [0.29, 0.717) is 11.1 Å². The summed E-state index contributed by atoms with van der Waals surface area (Å²) >= 11 is 0. The second-order valence-electron chi connectivity index (χ2n) is 2.88. The maximum Gasteiger partial charge on any atom is 0.159 e. The minimum atomic E-state index is -0.860. The van der Waals surface area contributed by atoms with Crippen molar-refractivity contribution in [3.8, 4) is 0 Å². The molecule has 1 rings (SSSR count). The van der Waals surface area contributed by atoms with Gasteiger partial charge in [-0.05, 0) is 12.5 Å². The van der Waals surface area contributed by atoms with Gasteiger partial charge in [0, 0.05) is 5.56 Å². The lowest BCUT2D eigenvalue weighted by molar-refractivity contribution is 0.0954. The Balaban J connectivity index is 2.87. The maximum atomic E-state index is 10.9. The SMILES string of the molecule is CC(=O)c1ccc([C@H](O)CO)cc1. The van der Waals surface area contributed by atoms with Gasteiger partial charge in [-0.1, -0.05) is 24.3 Å². The van der Waals surface area contributed by atoms with Crippen molar-refractivity contribution in [2.75, 3.05) is 6.61 Å². The van der Waals surface area contributed by atoms with E-state index in [0.717, 1.165) is 0 Å². The molecule has 1 aromatic rings. The number of ketones is 1. The Bertz CT molecular complexity index is 290. The molecule has 0 amide bonds. The lowest BCUT2D eigenvalue weighted by Crippen LogP contribution is -2.02. The Morgan fingerprint density at radius 1 is 1.38 bits per heavy atom. The Morgan fingerprint density at radius 3 is 2.31 bits per heavy atom. The Morgan fingerprint density at radius 2 is 1.92 bits per heavy atom. The van der Waals surface area contributed by atoms with Crippen LogP contribution >= 0.6 is 0 Å². The van der Waals surface area contributed by atoms with Gasteiger partial charge in [-0.3, -0.25) is 4.79 Å². The van der Waals surface area contributed by atoms with Crippen LogP contribution in [0.2, 0.25) is 0 Å². The highest BCUT2D eigenvalue weighted by atomic mass is 16.3. The number of aliphatic hydroxyl groups excluding tert-OH is 2. The van der Waals surface area contributed by atoms with Crippen molar-refractivity contribution in [3.63, 3.8) is 0 Å². The van der Waals surface area contributed by atoms with Crippen LogP contribution in [0.1, 0.15) is 28.9 Å². The topological polar surface area (TPSA) is 57.5 Å². The molecule has 3 nitrogen and oxygen atoms in total. The second kappa shape index (κ2) is 4.16. The summed E-state index contributed by atoms with van der Waals surface area (Å²) in [5.74, 6) is -0.00922. The Kier molecular flexibility index (Phi) is 3.17. The van der Waals surface area contributed by atoms with E-state index in [9.17, 15) is 9.90 Å². The van der Waals surface area contributed by atoms with Crippen molar-refractivity contribution in [3.05, 3.63) is 35.4 Å². The maximum absolute atomic E-state index is 10.9. The van der Waals surface area contributed by atoms with Gasteiger partial charge in [-0.2, -0.15) is 0 Å². The van der Waals surface area contributed by atoms with Crippen LogP contribution in [0.5, 0.6) is 0 Å². The van der Waals surface area contributed by atoms with Gasteiger partial charge in [0.25, 0.3) is 0 Å². The van der Waals surface area contributed by atoms with Crippen LogP contribution < -0.4 is 0 Å². The van der Waals surface area contributed by atoms with Crippen LogP contribution in [0.15, 0.2) is 24.3 Å². The lowest BCUT2D eigenvalue weighted by Gasteiger charge is -2.06. The highest BCUT2D eigenvalue weighted by Gasteiger charge is 2.05. The van der Waals surface area contributed by atoms with Crippen LogP contribution in [0, 0.1) is 0 Å². The van der Waals surface area contributed by atoms with Crippen LogP contribution in [0.3, 0.4) is 0 Å². The molecular formula is C10H12O3. The minimum Gasteiger partial charge on any atom is -0.393 e. The van der Waals surface area contributed by atoms with E-state index in [4.69, 9.17) is 5.11 Å². The fourth-order valence-electron chi connectivity index (χ4n) is 1.05. The van der Waals surface area contributed by atoms with Gasteiger partial charge in [0.05, 0.1) is 6.61 Å². The molecule has 0 radical (unpaired) electrons. The van der Waals surface area contributed by atoms with Crippen LogP contribution in [0.25, 0.3) is 0 Å². The predicted molar refractivity (Wildman–Crippen MR) is 48.5 cm³/mol. The van der Waals surface area contributed by atoms with Crippen molar-refractivity contribution in [2.24, 2.45) is 0 Å². The highest BCUT2D eigenvalue weighted by molar-refractivity contribution is 5.94. The number of Topliss-reactive ketones (excluding diaryl/α,β-unsaturated/α-hetero) is 1. The van der Waals surface area contributed by atoms with Crippen LogP contribution in [0.4, 0.5) is 0 Å². The first-order valence-corrected chi connectivity index (χ1v) is 4.05. The van der Waals surface area contributed by atoms with Crippen molar-refractivity contribution >= 4 is 5.78 Å². The first kappa shape index (κ1) is 9.89. The highest BCUT2D eigenvalue weighted by Crippen LogP contribution is 2.13. The van der Waals surface area contributed by atoms with Gasteiger partial charge in [0.1, 0.15) is 6.10 Å². The van der Waals surface area contributed by atoms with E-state index in [1.165, 1.54) is 6.92 Å². The molecule has 0 aliphatic rings. The van der Waals surface area contributed by atoms with Gasteiger partial charge >= 0.3 is 0 Å². The zero-order chi connectivity index (χ0) is 9.84. The number of hydrogen-bond donors (Lipinski definition) is 2. The summed E-state index contributed by atoms with van der Waals surface area (Å²) in [6.45, 7) is 1.18. The summed E-state index contributed by atoms with van der Waals surface area (Å²) < 4.78 is 0. The summed E-state index contributed by atoms with van der Waals surface area (Å²) in [5, 5.41) is 17.9. The Labute approximate surface area is 76.6 Å². The average Bonchev–Trinajstić information content (AvgIpc) is 2.17. The molecule has 1 atom stereocenters. The average molecular weight is 180 g/mol. The number of benzene rings is 1. The summed E-state index contributed by atoms with van der Waals surface area (Å²) in [6.07, 6.45) is -0.860. The van der Waals surface area contributed by atoms with Crippen molar-refractivity contribution in [1.82, 2.24) is 0 Å². The molecule has 2 N–H and O–H groups in total. The van der Waals surface area contributed by atoms with E-state index < -0.39 is 6.10 Å². The molecule has 0 aliphatic heterocycles. The third-order valence-electron chi connectivity index (χ3n) is 1.87. The number of rotatable bonds is 3. The quantitative estimate of drug-likeness (QED) is 0.680. The first-order valence-electron chi connectivity index (χ1n) is 4.05. The zero-order valence-electron chi connectivity index (χ0n) is 7.40. The minimum absolute atomic E-state index is 0.00922. The molecule has 13 heavy (non-hydrogen) atoms. The summed E-state index contributed by atoms with van der Waals surface area (Å²) in [4.78, 5) is 10.9. The number of carbonyl (C=O) groups is 1. The molecule has 1 aromatic carbocycles. The third-order valence-corrected chi connectivity index (χ3v) is 1.87. The van der Waals surface area contributed by atoms with Gasteiger partial charge in [-0.15, -0.1) is 0 Å². The predicted octanol–water partition coefficient (Wildman–Crippen LogP) is 0.915. The first-order chi connectivity index (χ1) is 6.15. The van der Waals surface area contributed by atoms with E-state index in [1.54, 1.807) is 24.3 Å². The molecule has 0 fully saturated rings. The molecule has 3 heteroatoms. The normalized spacial score (nSPS) is 12.5. The molecule has 0 aromatic heterocycles. The molecular weight excluding hydrogens is 168 g/mol. The molecule has 0 aliphatic carbocycles. The molecule has 0 unspecified atom stereocenters. The lowest BCUT2D eigenvalue weighted by atomic mass is 10.1. The molecule has 0 bridgehead atoms. The van der Waals surface area contributed by atoms with Gasteiger partial charge in [0.15, 0.2) is 5.78 Å². The monoisotopic (exact) mass is 180 g/mol. The fourth-order valence-corrected chi connectivity index (χ4v) is 1.05. The van der Waals surface area contributed by atoms with E-state index >= 15 is 0 Å². The second-order valence-corrected chi connectivity index (χ2v) is 2.88. The fraction of sp³-hybridized carbons (Fsp3) is 0.300. The Hall–Kier alpha value is -1.19. The van der Waals surface area contributed by atoms with E-state index in [2.05, 4.69) is 0 Å². The number of aliphatic hydroxyl groups is 2. The van der Waals surface area contributed by atoms with Gasteiger partial charge in [-0.25, -0.2) is 0 Å². The van der Waals surface area contributed by atoms with Crippen LogP contribution in [-0.4, -0.2) is 22.6 Å². The zero-order valence-corrected chi connectivity index (χ0v) is 7.40. The van der Waals surface area contributed by atoms with Crippen molar-refractivity contribution in [2.45, 2.75) is 13.0 Å². The van der Waals surface area contributed by atoms with Crippen molar-refractivity contribution < 1.29 is 15.0 Å².